The molecule has 0 spiro atoms. The Bertz CT molecular complexity index is 1240. The van der Waals surface area contributed by atoms with Crippen LogP contribution in [0.2, 0.25) is 0 Å². The Labute approximate surface area is 180 Å². The van der Waals surface area contributed by atoms with Crippen LogP contribution in [0.4, 0.5) is 13.2 Å². The van der Waals surface area contributed by atoms with E-state index in [0.717, 1.165) is 46.1 Å². The first-order chi connectivity index (χ1) is 14.4. The number of hydrogen-bond donors (Lipinski definition) is 0. The summed E-state index contributed by atoms with van der Waals surface area (Å²) in [5, 5.41) is 0. The molecule has 0 bridgehead atoms. The fourth-order valence-corrected chi connectivity index (χ4v) is 4.33. The number of rotatable bonds is 2. The molecule has 5 rings (SSSR count). The van der Waals surface area contributed by atoms with Crippen LogP contribution in [0.15, 0.2) is 83.5 Å². The lowest BCUT2D eigenvalue weighted by Crippen LogP contribution is -2.41. The topological polar surface area (TPSA) is 8.81 Å². The minimum absolute atomic E-state index is 0.510. The molecule has 30 heavy (non-hydrogen) atoms. The summed E-state index contributed by atoms with van der Waals surface area (Å²) < 4.78 is 45.0. The first-order valence-electron chi connectivity index (χ1n) is 9.60. The third kappa shape index (κ3) is 3.25. The van der Waals surface area contributed by atoms with E-state index in [2.05, 4.69) is 32.6 Å². The summed E-state index contributed by atoms with van der Waals surface area (Å²) in [6.45, 7) is 0. The number of halogens is 4. The zero-order valence-electron chi connectivity index (χ0n) is 15.8. The highest BCUT2D eigenvalue weighted by atomic mass is 79.9. The van der Waals surface area contributed by atoms with Crippen molar-refractivity contribution in [3.63, 3.8) is 0 Å². The van der Waals surface area contributed by atoms with Gasteiger partial charge in [-0.25, -0.2) is 0 Å². The van der Waals surface area contributed by atoms with Gasteiger partial charge in [0.2, 0.25) is 0 Å². The molecule has 0 aliphatic carbocycles. The molecule has 0 saturated carbocycles. The Kier molecular flexibility index (Phi) is 4.54. The average Bonchev–Trinajstić information content (AvgIpc) is 3.14. The predicted molar refractivity (Wildman–Crippen MR) is 113 cm³/mol. The summed E-state index contributed by atoms with van der Waals surface area (Å²) in [7, 11) is 0. The Morgan fingerprint density at radius 2 is 1.63 bits per heavy atom. The van der Waals surface area contributed by atoms with Gasteiger partial charge in [-0.3, -0.25) is 0 Å². The number of fused-ring (bicyclic) bond motifs is 3. The van der Waals surface area contributed by atoms with Crippen molar-refractivity contribution in [2.45, 2.75) is 19.0 Å². The van der Waals surface area contributed by atoms with Gasteiger partial charge in [0.25, 0.3) is 5.82 Å². The number of aromatic nitrogens is 2. The minimum atomic E-state index is -4.38. The van der Waals surface area contributed by atoms with E-state index >= 15 is 0 Å². The third-order valence-electron chi connectivity index (χ3n) is 5.47. The number of imidazole rings is 1. The maximum atomic E-state index is 13.3. The molecule has 0 saturated heterocycles. The average molecular weight is 470 g/mol. The van der Waals surface area contributed by atoms with Crippen molar-refractivity contribution in [2.75, 3.05) is 0 Å². The molecule has 1 aliphatic heterocycles. The van der Waals surface area contributed by atoms with E-state index in [0.29, 0.717) is 5.69 Å². The van der Waals surface area contributed by atoms with Gasteiger partial charge in [-0.05, 0) is 60.5 Å². The highest BCUT2D eigenvalue weighted by Gasteiger charge is 2.34. The molecule has 1 aliphatic rings. The highest BCUT2D eigenvalue weighted by molar-refractivity contribution is 9.10. The molecule has 150 valence electrons. The molecule has 3 aromatic carbocycles. The Morgan fingerprint density at radius 1 is 0.867 bits per heavy atom. The summed E-state index contributed by atoms with van der Waals surface area (Å²) in [5.74, 6) is 0.964. The summed E-state index contributed by atoms with van der Waals surface area (Å²) in [6.07, 6.45) is -0.851. The number of hydrogen-bond acceptors (Lipinski definition) is 0. The Morgan fingerprint density at radius 3 is 2.40 bits per heavy atom. The highest BCUT2D eigenvalue weighted by Crippen LogP contribution is 2.32. The van der Waals surface area contributed by atoms with Crippen LogP contribution >= 0.6 is 15.9 Å². The van der Waals surface area contributed by atoms with Gasteiger partial charge in [-0.15, -0.1) is 0 Å². The number of benzene rings is 3. The van der Waals surface area contributed by atoms with Gasteiger partial charge < -0.3 is 0 Å². The molecule has 0 N–H and O–H groups in total. The second-order valence-electron chi connectivity index (χ2n) is 7.32. The smallest absolute Gasteiger partial charge is 0.199 e. The van der Waals surface area contributed by atoms with E-state index < -0.39 is 11.7 Å². The molecule has 1 aromatic heterocycles. The summed E-state index contributed by atoms with van der Waals surface area (Å²) in [6, 6.07) is 21.7. The van der Waals surface area contributed by atoms with E-state index in [-0.39, 0.29) is 0 Å². The van der Waals surface area contributed by atoms with Crippen molar-refractivity contribution in [3.05, 3.63) is 100 Å². The van der Waals surface area contributed by atoms with E-state index in [9.17, 15) is 13.2 Å². The monoisotopic (exact) mass is 469 g/mol. The Balaban J connectivity index is 1.76. The second-order valence-corrected chi connectivity index (χ2v) is 8.24. The molecule has 0 fully saturated rings. The van der Waals surface area contributed by atoms with Gasteiger partial charge in [-0.2, -0.15) is 22.3 Å². The van der Waals surface area contributed by atoms with Crippen LogP contribution in [0.1, 0.15) is 17.0 Å². The van der Waals surface area contributed by atoms with E-state index in [1.807, 2.05) is 47.2 Å². The molecule has 0 radical (unpaired) electrons. The number of aryl methyl sites for hydroxylation is 1. The van der Waals surface area contributed by atoms with Crippen molar-refractivity contribution in [2.24, 2.45) is 0 Å². The van der Waals surface area contributed by atoms with Gasteiger partial charge in [-0.1, -0.05) is 40.2 Å². The molecular weight excluding hydrogens is 453 g/mol. The van der Waals surface area contributed by atoms with Crippen LogP contribution < -0.4 is 4.57 Å². The molecular formula is C24H17BrF3N2+. The van der Waals surface area contributed by atoms with Crippen molar-refractivity contribution in [1.29, 1.82) is 0 Å². The summed E-state index contributed by atoms with van der Waals surface area (Å²) >= 11 is 3.47. The quantitative estimate of drug-likeness (QED) is 0.304. The van der Waals surface area contributed by atoms with Crippen molar-refractivity contribution in [1.82, 2.24) is 4.57 Å². The van der Waals surface area contributed by atoms with E-state index in [4.69, 9.17) is 0 Å². The number of para-hydroxylation sites is 1. The molecule has 2 nitrogen and oxygen atoms in total. The molecule has 4 aromatic rings. The maximum absolute atomic E-state index is 13.3. The minimum Gasteiger partial charge on any atom is -0.199 e. The van der Waals surface area contributed by atoms with Crippen LogP contribution in [-0.2, 0) is 19.0 Å². The second kappa shape index (κ2) is 7.13. The van der Waals surface area contributed by atoms with Gasteiger partial charge >= 0.3 is 6.18 Å². The molecule has 2 heterocycles. The van der Waals surface area contributed by atoms with Crippen LogP contribution in [0.5, 0.6) is 0 Å². The third-order valence-corrected chi connectivity index (χ3v) is 6.00. The maximum Gasteiger partial charge on any atom is 0.416 e. The lowest BCUT2D eigenvalue weighted by molar-refractivity contribution is -0.595. The first-order valence-corrected chi connectivity index (χ1v) is 10.4. The van der Waals surface area contributed by atoms with Gasteiger partial charge in [0, 0.05) is 10.0 Å². The largest absolute Gasteiger partial charge is 0.416 e. The zero-order chi connectivity index (χ0) is 20.9. The predicted octanol–water partition coefficient (Wildman–Crippen LogP) is 6.30. The van der Waals surface area contributed by atoms with Gasteiger partial charge in [0.15, 0.2) is 5.69 Å². The number of nitrogens with zero attached hydrogens (tertiary/aromatic N) is 2. The molecule has 0 unspecified atom stereocenters. The van der Waals surface area contributed by atoms with Crippen LogP contribution in [-0.4, -0.2) is 4.57 Å². The molecule has 0 atom stereocenters. The Hall–Kier alpha value is -2.86. The van der Waals surface area contributed by atoms with Crippen molar-refractivity contribution >= 4 is 15.9 Å². The number of alkyl halides is 3. The van der Waals surface area contributed by atoms with Crippen LogP contribution in [0.3, 0.4) is 0 Å². The fraction of sp³-hybridized carbons (Fsp3) is 0.125. The fourth-order valence-electron chi connectivity index (χ4n) is 4.07. The van der Waals surface area contributed by atoms with Crippen molar-refractivity contribution in [3.8, 4) is 22.6 Å². The van der Waals surface area contributed by atoms with Gasteiger partial charge in [0.05, 0.1) is 12.0 Å². The molecule has 0 amide bonds. The summed E-state index contributed by atoms with van der Waals surface area (Å²) in [5.41, 5.74) is 4.12. The summed E-state index contributed by atoms with van der Waals surface area (Å²) in [4.78, 5) is 0. The van der Waals surface area contributed by atoms with E-state index in [1.54, 1.807) is 6.07 Å². The van der Waals surface area contributed by atoms with Crippen LogP contribution in [0, 0.1) is 0 Å². The van der Waals surface area contributed by atoms with E-state index in [1.165, 1.54) is 17.7 Å². The van der Waals surface area contributed by atoms with Crippen molar-refractivity contribution < 1.29 is 17.7 Å². The standard InChI is InChI=1S/C24H17BrF3N2/c25-19-11-8-17(9-12-19)22-15-29(20-6-3-5-18(14-20)24(26,27)28)23-13-10-16-4-1-2-7-21(16)30(22)23/h1-9,11-12,14-15H,10,13H2/q+1. The van der Waals surface area contributed by atoms with Crippen LogP contribution in [0.25, 0.3) is 22.6 Å². The SMILES string of the molecule is FC(F)(F)c1cccc(-n2cc(-c3ccc(Br)cc3)[n+]3c2CCc2ccccc2-3)c1. The lowest BCUT2D eigenvalue weighted by atomic mass is 10.0. The first kappa shape index (κ1) is 19.1. The van der Waals surface area contributed by atoms with Gasteiger partial charge in [0.1, 0.15) is 17.6 Å². The zero-order valence-corrected chi connectivity index (χ0v) is 17.4. The normalized spacial score (nSPS) is 13.1. The lowest BCUT2D eigenvalue weighted by Gasteiger charge is -2.15. The molecule has 6 heteroatoms.